The Kier molecular flexibility index (Phi) is 4.90. The Hall–Kier alpha value is -0.820. The topological polar surface area (TPSA) is 52.6 Å². The summed E-state index contributed by atoms with van der Waals surface area (Å²) in [7, 11) is 0. The van der Waals surface area contributed by atoms with E-state index in [0.717, 1.165) is 25.7 Å². The SMILES string of the molecule is O=C(NCC1CCCCC1O)C1CN(CC(F)(F)F)C1. The van der Waals surface area contributed by atoms with Crippen molar-refractivity contribution < 1.29 is 23.1 Å². The van der Waals surface area contributed by atoms with E-state index in [1.165, 1.54) is 4.90 Å². The Labute approximate surface area is 116 Å². The minimum atomic E-state index is -4.20. The van der Waals surface area contributed by atoms with Crippen LogP contribution in [-0.4, -0.2) is 54.4 Å². The maximum atomic E-state index is 12.1. The number of nitrogens with one attached hydrogen (secondary N) is 1. The highest BCUT2D eigenvalue weighted by Crippen LogP contribution is 2.25. The molecule has 7 heteroatoms. The minimum absolute atomic E-state index is 0.0825. The van der Waals surface area contributed by atoms with Gasteiger partial charge in [0.25, 0.3) is 0 Å². The van der Waals surface area contributed by atoms with Crippen molar-refractivity contribution in [3.8, 4) is 0 Å². The second kappa shape index (κ2) is 6.30. The summed E-state index contributed by atoms with van der Waals surface area (Å²) in [6, 6.07) is 0. The molecule has 1 amide bonds. The number of halogens is 3. The fourth-order valence-corrected chi connectivity index (χ4v) is 2.92. The average molecular weight is 294 g/mol. The number of aliphatic hydroxyl groups excluding tert-OH is 1. The quantitative estimate of drug-likeness (QED) is 0.818. The van der Waals surface area contributed by atoms with E-state index in [2.05, 4.69) is 5.32 Å². The average Bonchev–Trinajstić information content (AvgIpc) is 2.31. The van der Waals surface area contributed by atoms with Crippen LogP contribution in [0.2, 0.25) is 0 Å². The monoisotopic (exact) mass is 294 g/mol. The molecule has 2 aliphatic rings. The van der Waals surface area contributed by atoms with E-state index in [9.17, 15) is 23.1 Å². The molecule has 1 aliphatic heterocycles. The number of carbonyl (C=O) groups is 1. The highest BCUT2D eigenvalue weighted by molar-refractivity contribution is 5.80. The summed E-state index contributed by atoms with van der Waals surface area (Å²) in [5.41, 5.74) is 0. The highest BCUT2D eigenvalue weighted by atomic mass is 19.4. The van der Waals surface area contributed by atoms with Crippen LogP contribution in [0.5, 0.6) is 0 Å². The number of alkyl halides is 3. The van der Waals surface area contributed by atoms with E-state index in [1.54, 1.807) is 0 Å². The van der Waals surface area contributed by atoms with Crippen molar-refractivity contribution in [2.24, 2.45) is 11.8 Å². The van der Waals surface area contributed by atoms with Gasteiger partial charge in [-0.15, -0.1) is 0 Å². The van der Waals surface area contributed by atoms with Crippen molar-refractivity contribution in [1.29, 1.82) is 0 Å². The van der Waals surface area contributed by atoms with E-state index >= 15 is 0 Å². The molecule has 0 spiro atoms. The smallest absolute Gasteiger partial charge is 0.393 e. The first kappa shape index (κ1) is 15.6. The van der Waals surface area contributed by atoms with Gasteiger partial charge in [-0.3, -0.25) is 9.69 Å². The van der Waals surface area contributed by atoms with E-state index in [-0.39, 0.29) is 36.9 Å². The van der Waals surface area contributed by atoms with Gasteiger partial charge in [0.05, 0.1) is 18.6 Å². The van der Waals surface area contributed by atoms with Crippen molar-refractivity contribution in [1.82, 2.24) is 10.2 Å². The summed E-state index contributed by atoms with van der Waals surface area (Å²) in [6.45, 7) is -0.189. The summed E-state index contributed by atoms with van der Waals surface area (Å²) in [6.07, 6.45) is -0.836. The van der Waals surface area contributed by atoms with Crippen LogP contribution >= 0.6 is 0 Å². The molecule has 1 saturated heterocycles. The molecule has 2 N–H and O–H groups in total. The van der Waals surface area contributed by atoms with Gasteiger partial charge in [-0.2, -0.15) is 13.2 Å². The number of likely N-dealkylation sites (tertiary alicyclic amines) is 1. The Morgan fingerprint density at radius 2 is 1.90 bits per heavy atom. The van der Waals surface area contributed by atoms with Crippen LogP contribution in [0, 0.1) is 11.8 Å². The third kappa shape index (κ3) is 4.34. The maximum Gasteiger partial charge on any atom is 0.401 e. The van der Waals surface area contributed by atoms with Gasteiger partial charge >= 0.3 is 6.18 Å². The number of nitrogens with zero attached hydrogens (tertiary/aromatic N) is 1. The second-order valence-electron chi connectivity index (χ2n) is 5.86. The Morgan fingerprint density at radius 1 is 1.25 bits per heavy atom. The van der Waals surface area contributed by atoms with Gasteiger partial charge in [0.1, 0.15) is 0 Å². The minimum Gasteiger partial charge on any atom is -0.393 e. The number of hydrogen-bond donors (Lipinski definition) is 2. The zero-order valence-corrected chi connectivity index (χ0v) is 11.3. The van der Waals surface area contributed by atoms with Crippen LogP contribution in [0.3, 0.4) is 0 Å². The maximum absolute atomic E-state index is 12.1. The fourth-order valence-electron chi connectivity index (χ4n) is 2.92. The molecule has 0 aromatic heterocycles. The molecule has 2 atom stereocenters. The van der Waals surface area contributed by atoms with Crippen LogP contribution in [0.1, 0.15) is 25.7 Å². The number of rotatable bonds is 4. The second-order valence-corrected chi connectivity index (χ2v) is 5.86. The van der Waals surface area contributed by atoms with Crippen LogP contribution in [0.15, 0.2) is 0 Å². The molecule has 2 unspecified atom stereocenters. The Bertz CT molecular complexity index is 343. The van der Waals surface area contributed by atoms with Crippen LogP contribution in [-0.2, 0) is 4.79 Å². The lowest BCUT2D eigenvalue weighted by Crippen LogP contribution is -2.56. The third-order valence-electron chi connectivity index (χ3n) is 4.14. The fraction of sp³-hybridized carbons (Fsp3) is 0.923. The number of amides is 1. The lowest BCUT2D eigenvalue weighted by Gasteiger charge is -2.38. The van der Waals surface area contributed by atoms with E-state index in [1.807, 2.05) is 0 Å². The Balaban J connectivity index is 1.64. The zero-order valence-electron chi connectivity index (χ0n) is 11.3. The predicted octanol–water partition coefficient (Wildman–Crippen LogP) is 1.15. The zero-order chi connectivity index (χ0) is 14.8. The van der Waals surface area contributed by atoms with Gasteiger partial charge in [0.2, 0.25) is 5.91 Å². The van der Waals surface area contributed by atoms with Gasteiger partial charge in [-0.25, -0.2) is 0 Å². The summed E-state index contributed by atoms with van der Waals surface area (Å²) >= 11 is 0. The first-order valence-corrected chi connectivity index (χ1v) is 7.10. The molecule has 2 fully saturated rings. The third-order valence-corrected chi connectivity index (χ3v) is 4.14. The summed E-state index contributed by atoms with van der Waals surface area (Å²) in [5, 5.41) is 12.5. The molecular weight excluding hydrogens is 273 g/mol. The number of aliphatic hydroxyl groups is 1. The molecule has 0 aromatic carbocycles. The highest BCUT2D eigenvalue weighted by Gasteiger charge is 2.39. The molecule has 20 heavy (non-hydrogen) atoms. The van der Waals surface area contributed by atoms with Crippen molar-refractivity contribution in [2.45, 2.75) is 38.0 Å². The summed E-state index contributed by atoms with van der Waals surface area (Å²) in [5.74, 6) is -0.460. The van der Waals surface area contributed by atoms with Gasteiger partial charge in [0.15, 0.2) is 0 Å². The molecule has 1 aliphatic carbocycles. The number of carbonyl (C=O) groups excluding carboxylic acids is 1. The van der Waals surface area contributed by atoms with Crippen molar-refractivity contribution in [3.63, 3.8) is 0 Å². The molecule has 116 valence electrons. The number of hydrogen-bond acceptors (Lipinski definition) is 3. The molecule has 0 radical (unpaired) electrons. The van der Waals surface area contributed by atoms with Gasteiger partial charge in [-0.1, -0.05) is 12.8 Å². The van der Waals surface area contributed by atoms with Gasteiger partial charge < -0.3 is 10.4 Å². The van der Waals surface area contributed by atoms with E-state index < -0.39 is 12.7 Å². The van der Waals surface area contributed by atoms with Crippen LogP contribution in [0.4, 0.5) is 13.2 Å². The Morgan fingerprint density at radius 3 is 2.50 bits per heavy atom. The van der Waals surface area contributed by atoms with Gasteiger partial charge in [-0.05, 0) is 12.8 Å². The molecule has 0 bridgehead atoms. The van der Waals surface area contributed by atoms with Crippen molar-refractivity contribution in [3.05, 3.63) is 0 Å². The molecule has 0 aromatic rings. The summed E-state index contributed by atoms with van der Waals surface area (Å²) in [4.78, 5) is 13.0. The molecule has 1 heterocycles. The van der Waals surface area contributed by atoms with Crippen LogP contribution in [0.25, 0.3) is 0 Å². The van der Waals surface area contributed by atoms with Crippen molar-refractivity contribution >= 4 is 5.91 Å². The molecule has 4 nitrogen and oxygen atoms in total. The molecule has 1 saturated carbocycles. The lowest BCUT2D eigenvalue weighted by atomic mass is 9.86. The van der Waals surface area contributed by atoms with Crippen LogP contribution < -0.4 is 5.32 Å². The standard InChI is InChI=1S/C13H21F3N2O2/c14-13(15,16)8-18-6-10(7-18)12(20)17-5-9-3-1-2-4-11(9)19/h9-11,19H,1-8H2,(H,17,20). The van der Waals surface area contributed by atoms with E-state index in [4.69, 9.17) is 0 Å². The first-order valence-electron chi connectivity index (χ1n) is 7.10. The van der Waals surface area contributed by atoms with E-state index in [0.29, 0.717) is 6.54 Å². The summed E-state index contributed by atoms with van der Waals surface area (Å²) < 4.78 is 36.4. The largest absolute Gasteiger partial charge is 0.401 e. The molecule has 2 rings (SSSR count). The van der Waals surface area contributed by atoms with Gasteiger partial charge in [0, 0.05) is 25.6 Å². The first-order chi connectivity index (χ1) is 9.35. The normalized spacial score (nSPS) is 29.0. The molecular formula is C13H21F3N2O2. The van der Waals surface area contributed by atoms with Crippen molar-refractivity contribution in [2.75, 3.05) is 26.2 Å². The predicted molar refractivity (Wildman–Crippen MR) is 67.0 cm³/mol. The lowest BCUT2D eigenvalue weighted by molar-refractivity contribution is -0.163.